The van der Waals surface area contributed by atoms with Crippen LogP contribution >= 0.6 is 0 Å². The van der Waals surface area contributed by atoms with Gasteiger partial charge in [-0.1, -0.05) is 12.1 Å². The van der Waals surface area contributed by atoms with Crippen molar-refractivity contribution in [3.05, 3.63) is 40.0 Å². The van der Waals surface area contributed by atoms with Crippen LogP contribution in [-0.2, 0) is 10.2 Å². The van der Waals surface area contributed by atoms with Crippen molar-refractivity contribution in [2.45, 2.75) is 64.1 Å². The lowest BCUT2D eigenvalue weighted by atomic mass is 9.59. The van der Waals surface area contributed by atoms with E-state index < -0.39 is 16.6 Å². The first kappa shape index (κ1) is 17.1. The van der Waals surface area contributed by atoms with Crippen LogP contribution in [0.3, 0.4) is 0 Å². The van der Waals surface area contributed by atoms with Gasteiger partial charge in [-0.3, -0.25) is 9.59 Å². The molecule has 0 saturated heterocycles. The Morgan fingerprint density at radius 2 is 1.79 bits per heavy atom. The lowest BCUT2D eigenvalue weighted by Crippen LogP contribution is -2.56. The first-order chi connectivity index (χ1) is 10.9. The first-order valence-corrected chi connectivity index (χ1v) is 8.30. The second kappa shape index (κ2) is 4.87. The number of carbonyl (C=O) groups excluding carboxylic acids is 2. The summed E-state index contributed by atoms with van der Waals surface area (Å²) in [5, 5.41) is 21.6. The molecule has 2 aliphatic carbocycles. The summed E-state index contributed by atoms with van der Waals surface area (Å²) in [6.07, 6.45) is 2.07. The third-order valence-electron chi connectivity index (χ3n) is 5.80. The molecule has 0 unspecified atom stereocenters. The molecule has 2 atom stereocenters. The molecule has 1 aromatic rings. The third kappa shape index (κ3) is 2.06. The largest absolute Gasteiger partial charge is 0.389 e. The highest BCUT2D eigenvalue weighted by Gasteiger charge is 2.57. The van der Waals surface area contributed by atoms with Gasteiger partial charge in [0, 0.05) is 17.6 Å². The van der Waals surface area contributed by atoms with Crippen LogP contribution < -0.4 is 0 Å². The summed E-state index contributed by atoms with van der Waals surface area (Å²) in [5.74, 6) is -0.352. The molecule has 4 heteroatoms. The SMILES string of the molecule is Cc1ccc2c3c1C(=O)CC[C@](C)(O)[C@@]3(C)C(=O)C(C(C)(C)O)=C2. The quantitative estimate of drug-likeness (QED) is 0.831. The van der Waals surface area contributed by atoms with E-state index in [1.807, 2.05) is 19.1 Å². The average Bonchev–Trinajstić information content (AvgIpc) is 2.54. The molecule has 0 spiro atoms. The van der Waals surface area contributed by atoms with E-state index in [9.17, 15) is 19.8 Å². The van der Waals surface area contributed by atoms with Gasteiger partial charge in [-0.15, -0.1) is 0 Å². The number of aliphatic hydroxyl groups is 2. The first-order valence-electron chi connectivity index (χ1n) is 8.30. The van der Waals surface area contributed by atoms with E-state index in [1.165, 1.54) is 0 Å². The monoisotopic (exact) mass is 328 g/mol. The predicted molar refractivity (Wildman–Crippen MR) is 92.0 cm³/mol. The van der Waals surface area contributed by atoms with E-state index in [1.54, 1.807) is 33.8 Å². The van der Waals surface area contributed by atoms with Crippen molar-refractivity contribution < 1.29 is 19.8 Å². The molecule has 0 fully saturated rings. The Morgan fingerprint density at radius 3 is 2.38 bits per heavy atom. The number of ketones is 2. The van der Waals surface area contributed by atoms with Crippen LogP contribution in [0.4, 0.5) is 0 Å². The molecule has 4 nitrogen and oxygen atoms in total. The zero-order chi connectivity index (χ0) is 18.1. The molecular formula is C20H24O4. The number of hydrogen-bond acceptors (Lipinski definition) is 4. The van der Waals surface area contributed by atoms with Crippen molar-refractivity contribution in [1.29, 1.82) is 0 Å². The molecule has 3 rings (SSSR count). The predicted octanol–water partition coefficient (Wildman–Crippen LogP) is 2.72. The van der Waals surface area contributed by atoms with E-state index in [-0.39, 0.29) is 30.0 Å². The van der Waals surface area contributed by atoms with E-state index in [2.05, 4.69) is 0 Å². The number of carbonyl (C=O) groups is 2. The minimum absolute atomic E-state index is 0.0405. The second-order valence-electron chi connectivity index (χ2n) is 7.99. The molecular weight excluding hydrogens is 304 g/mol. The molecule has 0 radical (unpaired) electrons. The van der Waals surface area contributed by atoms with Gasteiger partial charge in [0.15, 0.2) is 11.6 Å². The van der Waals surface area contributed by atoms with Gasteiger partial charge in [0.25, 0.3) is 0 Å². The normalized spacial score (nSPS) is 29.9. The summed E-state index contributed by atoms with van der Waals surface area (Å²) in [7, 11) is 0. The van der Waals surface area contributed by atoms with Crippen molar-refractivity contribution in [2.24, 2.45) is 0 Å². The Balaban J connectivity index is 2.48. The van der Waals surface area contributed by atoms with Gasteiger partial charge >= 0.3 is 0 Å². The lowest BCUT2D eigenvalue weighted by Gasteiger charge is -2.46. The highest BCUT2D eigenvalue weighted by atomic mass is 16.3. The molecule has 0 aliphatic heterocycles. The minimum Gasteiger partial charge on any atom is -0.389 e. The molecule has 2 aliphatic rings. The van der Waals surface area contributed by atoms with Crippen molar-refractivity contribution >= 4 is 17.6 Å². The maximum Gasteiger partial charge on any atom is 0.174 e. The fourth-order valence-corrected chi connectivity index (χ4v) is 4.05. The molecule has 24 heavy (non-hydrogen) atoms. The van der Waals surface area contributed by atoms with Gasteiger partial charge in [-0.2, -0.15) is 0 Å². The van der Waals surface area contributed by atoms with E-state index in [4.69, 9.17) is 0 Å². The fourth-order valence-electron chi connectivity index (χ4n) is 4.05. The topological polar surface area (TPSA) is 74.6 Å². The van der Waals surface area contributed by atoms with Gasteiger partial charge in [-0.25, -0.2) is 0 Å². The van der Waals surface area contributed by atoms with Gasteiger partial charge in [-0.05, 0) is 63.8 Å². The third-order valence-corrected chi connectivity index (χ3v) is 5.80. The van der Waals surface area contributed by atoms with Crippen LogP contribution in [0.15, 0.2) is 17.7 Å². The summed E-state index contributed by atoms with van der Waals surface area (Å²) >= 11 is 0. The fraction of sp³-hybridized carbons (Fsp3) is 0.500. The molecule has 128 valence electrons. The standard InChI is InChI=1S/C20H24O4/c1-11-6-7-12-10-13(18(2,3)23)17(22)20(5)16(12)15(11)14(21)8-9-19(20,4)24/h6-7,10,23-24H,8-9H2,1-5H3/t19-,20+/m0/s1. The Kier molecular flexibility index (Phi) is 3.46. The molecule has 1 aromatic carbocycles. The summed E-state index contributed by atoms with van der Waals surface area (Å²) < 4.78 is 0. The smallest absolute Gasteiger partial charge is 0.174 e. The summed E-state index contributed by atoms with van der Waals surface area (Å²) in [5.41, 5.74) is -1.00. The van der Waals surface area contributed by atoms with Gasteiger partial charge in [0.1, 0.15) is 0 Å². The van der Waals surface area contributed by atoms with Crippen LogP contribution in [0, 0.1) is 6.92 Å². The van der Waals surface area contributed by atoms with Crippen LogP contribution in [0.25, 0.3) is 6.08 Å². The Morgan fingerprint density at radius 1 is 1.17 bits per heavy atom. The number of aryl methyl sites for hydroxylation is 1. The molecule has 0 amide bonds. The zero-order valence-corrected chi connectivity index (χ0v) is 14.9. The van der Waals surface area contributed by atoms with E-state index in [0.29, 0.717) is 11.1 Å². The molecule has 0 aromatic heterocycles. The Bertz CT molecular complexity index is 793. The van der Waals surface area contributed by atoms with Crippen LogP contribution in [0.5, 0.6) is 0 Å². The van der Waals surface area contributed by atoms with E-state index in [0.717, 1.165) is 11.1 Å². The number of rotatable bonds is 1. The summed E-state index contributed by atoms with van der Waals surface area (Å²) in [6, 6.07) is 3.72. The number of Topliss-reactive ketones (excluding diaryl/α,β-unsaturated/α-hetero) is 2. The molecule has 0 bridgehead atoms. The lowest BCUT2D eigenvalue weighted by molar-refractivity contribution is -0.132. The summed E-state index contributed by atoms with van der Waals surface area (Å²) in [4.78, 5) is 26.0. The van der Waals surface area contributed by atoms with Gasteiger partial charge < -0.3 is 10.2 Å². The maximum atomic E-state index is 13.4. The maximum absolute atomic E-state index is 13.4. The number of hydrogen-bond donors (Lipinski definition) is 2. The molecule has 0 saturated carbocycles. The van der Waals surface area contributed by atoms with Gasteiger partial charge in [0.2, 0.25) is 0 Å². The number of benzene rings is 1. The second-order valence-corrected chi connectivity index (χ2v) is 7.99. The minimum atomic E-state index is -1.38. The van der Waals surface area contributed by atoms with E-state index >= 15 is 0 Å². The highest BCUT2D eigenvalue weighted by Crippen LogP contribution is 2.51. The zero-order valence-electron chi connectivity index (χ0n) is 14.9. The Hall–Kier alpha value is -1.78. The molecule has 2 N–H and O–H groups in total. The summed E-state index contributed by atoms with van der Waals surface area (Å²) in [6.45, 7) is 8.31. The Labute approximate surface area is 142 Å². The van der Waals surface area contributed by atoms with Crippen LogP contribution in [0.2, 0.25) is 0 Å². The van der Waals surface area contributed by atoms with Crippen molar-refractivity contribution in [2.75, 3.05) is 0 Å². The van der Waals surface area contributed by atoms with Crippen molar-refractivity contribution in [3.8, 4) is 0 Å². The average molecular weight is 328 g/mol. The van der Waals surface area contributed by atoms with Gasteiger partial charge in [0.05, 0.1) is 16.6 Å². The highest BCUT2D eigenvalue weighted by molar-refractivity contribution is 6.15. The van der Waals surface area contributed by atoms with Crippen LogP contribution in [0.1, 0.15) is 67.6 Å². The molecule has 0 heterocycles. The van der Waals surface area contributed by atoms with Crippen LogP contribution in [-0.4, -0.2) is 33.0 Å². The van der Waals surface area contributed by atoms with Crippen molar-refractivity contribution in [1.82, 2.24) is 0 Å². The van der Waals surface area contributed by atoms with Crippen molar-refractivity contribution in [3.63, 3.8) is 0 Å².